The van der Waals surface area contributed by atoms with E-state index in [1.54, 1.807) is 0 Å². The number of furan rings is 1. The van der Waals surface area contributed by atoms with Crippen LogP contribution in [-0.4, -0.2) is 18.3 Å². The van der Waals surface area contributed by atoms with E-state index in [2.05, 4.69) is 455 Å². The van der Waals surface area contributed by atoms with Gasteiger partial charge in [0.1, 0.15) is 11.2 Å². The van der Waals surface area contributed by atoms with E-state index in [4.69, 9.17) is 4.42 Å². The lowest BCUT2D eigenvalue weighted by Crippen LogP contribution is -1.93. The van der Waals surface area contributed by atoms with Crippen LogP contribution in [0.5, 0.6) is 0 Å². The van der Waals surface area contributed by atoms with E-state index >= 15 is 0 Å². The van der Waals surface area contributed by atoms with E-state index in [9.17, 15) is 0 Å². The maximum atomic E-state index is 5.65. The fourth-order valence-electron chi connectivity index (χ4n) is 18.4. The van der Waals surface area contributed by atoms with Crippen molar-refractivity contribution < 1.29 is 4.42 Å². The minimum Gasteiger partial charge on any atom is -0.456 e. The molecule has 0 spiro atoms. The third-order valence-electron chi connectivity index (χ3n) is 23.8. The van der Waals surface area contributed by atoms with Gasteiger partial charge in [0.05, 0.1) is 44.1 Å². The summed E-state index contributed by atoms with van der Waals surface area (Å²) in [6, 6.07) is 167. The van der Waals surface area contributed by atoms with Gasteiger partial charge in [0, 0.05) is 102 Å². The van der Waals surface area contributed by atoms with Crippen molar-refractivity contribution in [1.82, 2.24) is 18.3 Å². The molecule has 27 aromatic rings. The molecule has 6 aromatic heterocycles. The Hall–Kier alpha value is -15.9. The normalized spacial score (nSPS) is 11.4. The highest BCUT2D eigenvalue weighted by atomic mass is 32.1. The Morgan fingerprint density at radius 3 is 0.926 bits per heavy atom. The highest BCUT2D eigenvalue weighted by Crippen LogP contribution is 2.44. The number of aromatic nitrogens is 4. The maximum absolute atomic E-state index is 5.65. The predicted molar refractivity (Wildman–Crippen MR) is 524 cm³/mol. The summed E-state index contributed by atoms with van der Waals surface area (Å²) in [5.41, 5.74) is 16.8. The first-order valence-corrected chi connectivity index (χ1v) is 42.4. The number of fused-ring (bicyclic) bond motifs is 27. The molecular weight excluding hydrogens is 1500 g/mol. The molecule has 27 rings (SSSR count). The Kier molecular flexibility index (Phi) is 18.8. The second kappa shape index (κ2) is 31.5. The molecule has 6 heterocycles. The molecule has 21 aromatic carbocycles. The van der Waals surface area contributed by atoms with Crippen LogP contribution in [0.2, 0.25) is 0 Å². The van der Waals surface area contributed by atoms with Crippen LogP contribution in [0.1, 0.15) is 0 Å². The van der Waals surface area contributed by atoms with Gasteiger partial charge >= 0.3 is 0 Å². The third-order valence-corrected chi connectivity index (χ3v) is 25.0. The summed E-state index contributed by atoms with van der Waals surface area (Å²) in [4.78, 5) is 0. The standard InChI is InChI=1S/C26H17N.3C22H15N.C12H8O.C12H8S/c1-2-10-20(11-3-1)27-23-16-14-18-8-4-6-12-21(18)25(23)26-22-13-7-5-9-19(22)15-17-24(26)27;1-2-10-18(11-3-1)23-21-13-7-6-12-19(21)20-14-16-8-4-5-9-17(16)15-22(20)23;1-2-9-17(10-3-1)23-21-13-7-6-12-19(21)20-15-14-16-8-4-5-11-18(16)22(20)23;1-2-9-17(10-3-1)23-20-13-7-6-12-19(20)22-18-11-5-4-8-16(18)14-15-21(22)23;2*1-3-7-11-9(5-1)10-6-2-4-8-12(10)13-11/h1-17H;3*1-15H;2*1-8H. The van der Waals surface area contributed by atoms with Gasteiger partial charge in [-0.2, -0.15) is 0 Å². The fraction of sp³-hybridized carbons (Fsp3) is 0. The first kappa shape index (κ1) is 72.6. The Morgan fingerprint density at radius 1 is 0.156 bits per heavy atom. The lowest BCUT2D eigenvalue weighted by molar-refractivity contribution is 0.669. The Morgan fingerprint density at radius 2 is 0.451 bits per heavy atom. The Bertz CT molecular complexity index is 8220. The molecule has 6 heteroatoms. The topological polar surface area (TPSA) is 32.9 Å². The van der Waals surface area contributed by atoms with Gasteiger partial charge in [-0.15, -0.1) is 11.3 Å². The van der Waals surface area contributed by atoms with Gasteiger partial charge in [0.15, 0.2) is 0 Å². The van der Waals surface area contributed by atoms with Crippen LogP contribution in [0.3, 0.4) is 0 Å². The van der Waals surface area contributed by atoms with Crippen molar-refractivity contribution >= 4 is 195 Å². The number of hydrogen-bond acceptors (Lipinski definition) is 2. The van der Waals surface area contributed by atoms with Gasteiger partial charge < -0.3 is 22.7 Å². The monoisotopic (exact) mass is 1570 g/mol. The average molecular weight is 1580 g/mol. The summed E-state index contributed by atoms with van der Waals surface area (Å²) in [7, 11) is 0. The summed E-state index contributed by atoms with van der Waals surface area (Å²) >= 11 is 1.86. The first-order chi connectivity index (χ1) is 60.6. The van der Waals surface area contributed by atoms with Crippen LogP contribution in [0, 0.1) is 0 Å². The molecule has 0 aliphatic rings. The molecule has 0 amide bonds. The summed E-state index contributed by atoms with van der Waals surface area (Å²) in [6.45, 7) is 0. The van der Waals surface area contributed by atoms with Gasteiger partial charge in [0.2, 0.25) is 0 Å². The van der Waals surface area contributed by atoms with Crippen molar-refractivity contribution in [2.75, 3.05) is 0 Å². The Labute approximate surface area is 708 Å². The van der Waals surface area contributed by atoms with E-state index in [-0.39, 0.29) is 0 Å². The van der Waals surface area contributed by atoms with Gasteiger partial charge in [0.25, 0.3) is 0 Å². The molecule has 0 bridgehead atoms. The molecule has 0 saturated heterocycles. The third kappa shape index (κ3) is 13.0. The molecule has 0 atom stereocenters. The van der Waals surface area contributed by atoms with Crippen LogP contribution in [-0.2, 0) is 0 Å². The van der Waals surface area contributed by atoms with Crippen LogP contribution < -0.4 is 0 Å². The van der Waals surface area contributed by atoms with Crippen molar-refractivity contribution in [3.05, 3.63) is 473 Å². The second-order valence-corrected chi connectivity index (χ2v) is 31.9. The number of benzene rings is 21. The van der Waals surface area contributed by atoms with Crippen LogP contribution >= 0.6 is 11.3 Å². The zero-order valence-electron chi connectivity index (χ0n) is 66.6. The van der Waals surface area contributed by atoms with Gasteiger partial charge in [-0.25, -0.2) is 0 Å². The minimum absolute atomic E-state index is 0.962. The Balaban J connectivity index is 0.0000000889. The molecule has 0 aliphatic carbocycles. The van der Waals surface area contributed by atoms with Gasteiger partial charge in [-0.1, -0.05) is 352 Å². The lowest BCUT2D eigenvalue weighted by Gasteiger charge is -2.09. The quantitative estimate of drug-likeness (QED) is 0.173. The lowest BCUT2D eigenvalue weighted by atomic mass is 10.00. The largest absolute Gasteiger partial charge is 0.456 e. The molecule has 574 valence electrons. The minimum atomic E-state index is 0.962. The van der Waals surface area contributed by atoms with E-state index in [0.29, 0.717) is 0 Å². The fourth-order valence-corrected chi connectivity index (χ4v) is 19.5. The SMILES string of the molecule is c1ccc(-n2c3ccc4ccccc4c3c3c4ccccc4ccc32)cc1.c1ccc(-n2c3ccccc3c3c4ccccc4ccc32)cc1.c1ccc(-n2c3ccccc3c3cc4ccccc4cc32)cc1.c1ccc(-n2c3ccccc3c3ccc4ccccc4c32)cc1.c1ccc2c(c1)oc1ccccc12.c1ccc2c(c1)sc1ccccc12. The van der Waals surface area contributed by atoms with E-state index in [1.165, 1.54) is 195 Å². The number of thiophene rings is 1. The molecule has 0 radical (unpaired) electrons. The zero-order valence-corrected chi connectivity index (χ0v) is 67.5. The second-order valence-electron chi connectivity index (χ2n) is 30.9. The van der Waals surface area contributed by atoms with E-state index < -0.39 is 0 Å². The average Bonchev–Trinajstić information content (AvgIpc) is 1.61. The van der Waals surface area contributed by atoms with Crippen LogP contribution in [0.4, 0.5) is 0 Å². The van der Waals surface area contributed by atoms with Crippen molar-refractivity contribution in [3.63, 3.8) is 0 Å². The van der Waals surface area contributed by atoms with Crippen molar-refractivity contribution in [3.8, 4) is 22.7 Å². The van der Waals surface area contributed by atoms with Crippen molar-refractivity contribution in [2.24, 2.45) is 0 Å². The van der Waals surface area contributed by atoms with Crippen molar-refractivity contribution in [2.45, 2.75) is 0 Å². The van der Waals surface area contributed by atoms with Crippen LogP contribution in [0.15, 0.2) is 478 Å². The first-order valence-electron chi connectivity index (χ1n) is 41.6. The van der Waals surface area contributed by atoms with E-state index in [1.807, 2.05) is 47.7 Å². The summed E-state index contributed by atoms with van der Waals surface area (Å²) in [5.74, 6) is 0. The molecule has 5 nitrogen and oxygen atoms in total. The molecule has 0 N–H and O–H groups in total. The molecule has 0 aliphatic heterocycles. The summed E-state index contributed by atoms with van der Waals surface area (Å²) in [6.07, 6.45) is 0. The number of hydrogen-bond donors (Lipinski definition) is 0. The molecule has 122 heavy (non-hydrogen) atoms. The highest BCUT2D eigenvalue weighted by molar-refractivity contribution is 7.25. The molecular formula is C116H78N4OS. The predicted octanol–water partition coefficient (Wildman–Crippen LogP) is 32.5. The summed E-state index contributed by atoms with van der Waals surface area (Å²) in [5, 5.41) is 28.6. The highest BCUT2D eigenvalue weighted by Gasteiger charge is 2.20. The number of para-hydroxylation sites is 9. The maximum Gasteiger partial charge on any atom is 0.135 e. The molecule has 0 fully saturated rings. The van der Waals surface area contributed by atoms with E-state index in [0.717, 1.165) is 11.2 Å². The van der Waals surface area contributed by atoms with Crippen molar-refractivity contribution in [1.29, 1.82) is 0 Å². The summed E-state index contributed by atoms with van der Waals surface area (Å²) < 4.78 is 17.9. The zero-order chi connectivity index (χ0) is 80.8. The molecule has 0 saturated carbocycles. The smallest absolute Gasteiger partial charge is 0.135 e. The van der Waals surface area contributed by atoms with Crippen LogP contribution in [0.25, 0.3) is 206 Å². The number of nitrogens with zero attached hydrogens (tertiary/aromatic N) is 4. The molecule has 0 unspecified atom stereocenters. The number of rotatable bonds is 4. The van der Waals surface area contributed by atoms with Gasteiger partial charge in [-0.05, 0) is 170 Å². The van der Waals surface area contributed by atoms with Gasteiger partial charge in [-0.3, -0.25) is 0 Å².